The fourth-order valence-corrected chi connectivity index (χ4v) is 4.28. The zero-order valence-electron chi connectivity index (χ0n) is 12.4. The summed E-state index contributed by atoms with van der Waals surface area (Å²) in [6.07, 6.45) is 6.82. The number of halogens is 1. The van der Waals surface area contributed by atoms with Gasteiger partial charge in [-0.05, 0) is 50.3 Å². The van der Waals surface area contributed by atoms with E-state index in [1.54, 1.807) is 0 Å². The first-order valence-electron chi connectivity index (χ1n) is 7.73. The Balaban J connectivity index is 1.45. The van der Waals surface area contributed by atoms with Crippen LogP contribution in [0.4, 0.5) is 0 Å². The molecule has 0 saturated carbocycles. The summed E-state index contributed by atoms with van der Waals surface area (Å²) < 4.78 is 0.925. The number of carbonyl (C=O) groups excluding carboxylic acids is 1. The predicted octanol–water partition coefficient (Wildman–Crippen LogP) is 4.15. The molecule has 0 fully saturated rings. The third-order valence-corrected chi connectivity index (χ3v) is 5.54. The van der Waals surface area contributed by atoms with Gasteiger partial charge in [-0.15, -0.1) is 11.3 Å². The van der Waals surface area contributed by atoms with Crippen LogP contribution in [0.15, 0.2) is 28.7 Å². The van der Waals surface area contributed by atoms with E-state index in [0.29, 0.717) is 12.1 Å². The molecule has 0 bridgehead atoms. The van der Waals surface area contributed by atoms with Crippen molar-refractivity contribution in [3.05, 3.63) is 49.9 Å². The van der Waals surface area contributed by atoms with Gasteiger partial charge in [0.2, 0.25) is 0 Å². The molecule has 0 unspecified atom stereocenters. The summed E-state index contributed by atoms with van der Waals surface area (Å²) in [4.78, 5) is 18.2. The Hall–Kier alpha value is -1.20. The molecule has 22 heavy (non-hydrogen) atoms. The molecular formula is C17H19BrN2OS. The lowest BCUT2D eigenvalue weighted by atomic mass is 10.0. The number of hydrogen-bond donors (Lipinski definition) is 1. The second-order valence-corrected chi connectivity index (χ2v) is 7.64. The molecule has 1 aliphatic carbocycles. The topological polar surface area (TPSA) is 42.0 Å². The summed E-state index contributed by atoms with van der Waals surface area (Å²) in [5.41, 5.74) is 2.02. The molecule has 0 atom stereocenters. The van der Waals surface area contributed by atoms with Gasteiger partial charge in [-0.3, -0.25) is 4.79 Å². The summed E-state index contributed by atoms with van der Waals surface area (Å²) in [7, 11) is 0. The fraction of sp³-hybridized carbons (Fsp3) is 0.412. The molecule has 2 aromatic rings. The number of hydrogen-bond acceptors (Lipinski definition) is 3. The Morgan fingerprint density at radius 3 is 3.00 bits per heavy atom. The Bertz CT molecular complexity index is 645. The first-order valence-corrected chi connectivity index (χ1v) is 9.34. The maximum absolute atomic E-state index is 12.0. The molecule has 1 aromatic heterocycles. The van der Waals surface area contributed by atoms with Crippen LogP contribution in [-0.4, -0.2) is 17.4 Å². The van der Waals surface area contributed by atoms with Crippen LogP contribution in [-0.2, 0) is 19.3 Å². The lowest BCUT2D eigenvalue weighted by Gasteiger charge is -2.06. The van der Waals surface area contributed by atoms with Crippen LogP contribution in [0.5, 0.6) is 0 Å². The Morgan fingerprint density at radius 1 is 1.32 bits per heavy atom. The quantitative estimate of drug-likeness (QED) is 0.794. The number of thiazole rings is 1. The van der Waals surface area contributed by atoms with E-state index in [0.717, 1.165) is 23.7 Å². The lowest BCUT2D eigenvalue weighted by Crippen LogP contribution is -2.24. The molecule has 1 amide bonds. The molecule has 5 heteroatoms. The molecule has 3 rings (SSSR count). The van der Waals surface area contributed by atoms with E-state index < -0.39 is 0 Å². The summed E-state index contributed by atoms with van der Waals surface area (Å²) in [6.45, 7) is 0.690. The number of amides is 1. The molecule has 116 valence electrons. The average molecular weight is 379 g/mol. The zero-order valence-corrected chi connectivity index (χ0v) is 14.8. The van der Waals surface area contributed by atoms with E-state index in [9.17, 15) is 4.79 Å². The Labute approximate surface area is 143 Å². The predicted molar refractivity (Wildman–Crippen MR) is 93.6 cm³/mol. The van der Waals surface area contributed by atoms with E-state index >= 15 is 0 Å². The number of nitrogens with one attached hydrogen (secondary N) is 1. The first-order chi connectivity index (χ1) is 10.7. The van der Waals surface area contributed by atoms with Crippen molar-refractivity contribution < 1.29 is 4.79 Å². The Kier molecular flexibility index (Phi) is 5.26. The van der Waals surface area contributed by atoms with Crippen molar-refractivity contribution in [1.82, 2.24) is 10.3 Å². The van der Waals surface area contributed by atoms with Gasteiger partial charge >= 0.3 is 0 Å². The van der Waals surface area contributed by atoms with Gasteiger partial charge in [-0.2, -0.15) is 0 Å². The highest BCUT2D eigenvalue weighted by atomic mass is 79.9. The smallest absolute Gasteiger partial charge is 0.251 e. The average Bonchev–Trinajstić information content (AvgIpc) is 2.94. The van der Waals surface area contributed by atoms with Crippen LogP contribution in [0, 0.1) is 0 Å². The van der Waals surface area contributed by atoms with Crippen LogP contribution >= 0.6 is 27.3 Å². The molecule has 1 aromatic carbocycles. The number of benzene rings is 1. The maximum Gasteiger partial charge on any atom is 0.251 e. The minimum atomic E-state index is -0.0141. The van der Waals surface area contributed by atoms with Crippen LogP contribution in [0.25, 0.3) is 0 Å². The summed E-state index contributed by atoms with van der Waals surface area (Å²) in [5, 5.41) is 4.20. The van der Waals surface area contributed by atoms with Gasteiger partial charge in [-0.1, -0.05) is 22.0 Å². The van der Waals surface area contributed by atoms with Crippen molar-refractivity contribution in [2.45, 2.75) is 38.5 Å². The van der Waals surface area contributed by atoms with E-state index in [1.165, 1.54) is 34.8 Å². The van der Waals surface area contributed by atoms with Crippen LogP contribution in [0.2, 0.25) is 0 Å². The number of carbonyl (C=O) groups is 1. The van der Waals surface area contributed by atoms with Crippen LogP contribution in [0.1, 0.15) is 45.2 Å². The summed E-state index contributed by atoms with van der Waals surface area (Å²) in [6, 6.07) is 7.46. The molecule has 1 heterocycles. The van der Waals surface area contributed by atoms with Gasteiger partial charge in [-0.25, -0.2) is 4.98 Å². The third kappa shape index (κ3) is 3.96. The van der Waals surface area contributed by atoms with Gasteiger partial charge < -0.3 is 5.32 Å². The van der Waals surface area contributed by atoms with Crippen molar-refractivity contribution in [2.24, 2.45) is 0 Å². The van der Waals surface area contributed by atoms with Gasteiger partial charge in [0.1, 0.15) is 0 Å². The largest absolute Gasteiger partial charge is 0.352 e. The number of aryl methyl sites for hydroxylation is 3. The van der Waals surface area contributed by atoms with Crippen LogP contribution < -0.4 is 5.32 Å². The summed E-state index contributed by atoms with van der Waals surface area (Å²) >= 11 is 5.25. The molecule has 1 N–H and O–H groups in total. The highest BCUT2D eigenvalue weighted by Crippen LogP contribution is 2.27. The second kappa shape index (κ2) is 7.38. The minimum Gasteiger partial charge on any atom is -0.352 e. The highest BCUT2D eigenvalue weighted by Gasteiger charge is 2.14. The molecule has 1 aliphatic rings. The van der Waals surface area contributed by atoms with E-state index in [4.69, 9.17) is 4.98 Å². The van der Waals surface area contributed by atoms with Crippen molar-refractivity contribution in [3.8, 4) is 0 Å². The van der Waals surface area contributed by atoms with Crippen molar-refractivity contribution in [3.63, 3.8) is 0 Å². The highest BCUT2D eigenvalue weighted by molar-refractivity contribution is 9.10. The standard InChI is InChI=1S/C17H19BrN2OS/c18-13-6-3-5-12(11-13)17(21)19-10-4-9-16-20-14-7-1-2-8-15(14)22-16/h3,5-6,11H,1-2,4,7-10H2,(H,19,21). The zero-order chi connectivity index (χ0) is 15.4. The number of rotatable bonds is 5. The lowest BCUT2D eigenvalue weighted by molar-refractivity contribution is 0.0953. The maximum atomic E-state index is 12.0. The SMILES string of the molecule is O=C(NCCCc1nc2c(s1)CCCC2)c1cccc(Br)c1. The molecular weight excluding hydrogens is 360 g/mol. The number of aromatic nitrogens is 1. The summed E-state index contributed by atoms with van der Waals surface area (Å²) in [5.74, 6) is -0.0141. The first kappa shape index (κ1) is 15.7. The second-order valence-electron chi connectivity index (χ2n) is 5.55. The van der Waals surface area contributed by atoms with Gasteiger partial charge in [0.15, 0.2) is 0 Å². The minimum absolute atomic E-state index is 0.0141. The Morgan fingerprint density at radius 2 is 2.18 bits per heavy atom. The molecule has 3 nitrogen and oxygen atoms in total. The monoisotopic (exact) mass is 378 g/mol. The van der Waals surface area contributed by atoms with Crippen LogP contribution in [0.3, 0.4) is 0 Å². The number of nitrogens with zero attached hydrogens (tertiary/aromatic N) is 1. The molecule has 0 aliphatic heterocycles. The third-order valence-electron chi connectivity index (χ3n) is 3.83. The normalized spacial score (nSPS) is 13.7. The van der Waals surface area contributed by atoms with E-state index in [1.807, 2.05) is 35.6 Å². The molecule has 0 radical (unpaired) electrons. The fourth-order valence-electron chi connectivity index (χ4n) is 2.69. The van der Waals surface area contributed by atoms with Crippen molar-refractivity contribution >= 4 is 33.2 Å². The van der Waals surface area contributed by atoms with E-state index in [-0.39, 0.29) is 5.91 Å². The van der Waals surface area contributed by atoms with Gasteiger partial charge in [0.05, 0.1) is 10.7 Å². The van der Waals surface area contributed by atoms with Crippen molar-refractivity contribution in [1.29, 1.82) is 0 Å². The van der Waals surface area contributed by atoms with Crippen molar-refractivity contribution in [2.75, 3.05) is 6.54 Å². The molecule has 0 spiro atoms. The molecule has 0 saturated heterocycles. The number of fused-ring (bicyclic) bond motifs is 1. The van der Waals surface area contributed by atoms with Gasteiger partial charge in [0, 0.05) is 27.9 Å². The van der Waals surface area contributed by atoms with Gasteiger partial charge in [0.25, 0.3) is 5.91 Å². The van der Waals surface area contributed by atoms with E-state index in [2.05, 4.69) is 21.2 Å².